The van der Waals surface area contributed by atoms with Crippen molar-refractivity contribution in [1.82, 2.24) is 9.13 Å². The molecule has 0 saturated heterocycles. The van der Waals surface area contributed by atoms with Gasteiger partial charge in [0, 0.05) is 36.3 Å². The van der Waals surface area contributed by atoms with Crippen molar-refractivity contribution in [3.05, 3.63) is 40.6 Å². The molecule has 5 nitrogen and oxygen atoms in total. The van der Waals surface area contributed by atoms with Crippen molar-refractivity contribution in [1.29, 1.82) is 0 Å². The molecule has 0 bridgehead atoms. The standard InChI is InChI=1S/C15H13Cl2N3O2S/c1-19-5-4-9-8-10(2-3-11(9)19)12-13(16)14(17)20-6-7-23(21,22)18-15(12)20/h2-5,8,18H,6-7H2,1H3. The number of benzene rings is 1. The molecular weight excluding hydrogens is 357 g/mol. The highest BCUT2D eigenvalue weighted by molar-refractivity contribution is 7.92. The summed E-state index contributed by atoms with van der Waals surface area (Å²) in [5.41, 5.74) is 2.53. The highest BCUT2D eigenvalue weighted by Gasteiger charge is 2.29. The monoisotopic (exact) mass is 369 g/mol. The second-order valence-corrected chi connectivity index (χ2v) is 8.18. The van der Waals surface area contributed by atoms with Crippen LogP contribution in [0.1, 0.15) is 0 Å². The van der Waals surface area contributed by atoms with Gasteiger partial charge in [-0.1, -0.05) is 29.3 Å². The van der Waals surface area contributed by atoms with Crippen molar-refractivity contribution in [3.63, 3.8) is 0 Å². The van der Waals surface area contributed by atoms with E-state index >= 15 is 0 Å². The summed E-state index contributed by atoms with van der Waals surface area (Å²) in [5.74, 6) is 0.420. The molecule has 4 rings (SSSR count). The first-order chi connectivity index (χ1) is 10.9. The molecule has 0 atom stereocenters. The number of sulfonamides is 1. The Balaban J connectivity index is 1.97. The van der Waals surface area contributed by atoms with Gasteiger partial charge >= 0.3 is 0 Å². The van der Waals surface area contributed by atoms with E-state index in [0.29, 0.717) is 21.6 Å². The zero-order valence-electron chi connectivity index (χ0n) is 12.2. The van der Waals surface area contributed by atoms with Crippen LogP contribution in [0.5, 0.6) is 0 Å². The van der Waals surface area contributed by atoms with Crippen LogP contribution in [-0.4, -0.2) is 23.3 Å². The van der Waals surface area contributed by atoms with E-state index in [4.69, 9.17) is 23.2 Å². The Morgan fingerprint density at radius 2 is 2.00 bits per heavy atom. The summed E-state index contributed by atoms with van der Waals surface area (Å²) in [6.07, 6.45) is 1.97. The summed E-state index contributed by atoms with van der Waals surface area (Å²) < 4.78 is 30.1. The lowest BCUT2D eigenvalue weighted by molar-refractivity contribution is 0.588. The van der Waals surface area contributed by atoms with Crippen molar-refractivity contribution < 1.29 is 8.42 Å². The zero-order chi connectivity index (χ0) is 16.4. The van der Waals surface area contributed by atoms with Crippen LogP contribution in [0.3, 0.4) is 0 Å². The first-order valence-electron chi connectivity index (χ1n) is 7.01. The maximum Gasteiger partial charge on any atom is 0.235 e. The molecule has 0 amide bonds. The van der Waals surface area contributed by atoms with Gasteiger partial charge in [-0.2, -0.15) is 0 Å². The molecule has 8 heteroatoms. The Labute approximate surface area is 143 Å². The Bertz CT molecular complexity index is 1050. The molecule has 0 unspecified atom stereocenters. The maximum atomic E-state index is 11.9. The van der Waals surface area contributed by atoms with E-state index in [9.17, 15) is 8.42 Å². The zero-order valence-corrected chi connectivity index (χ0v) is 14.5. The minimum atomic E-state index is -3.36. The predicted octanol–water partition coefficient (Wildman–Crippen LogP) is 3.71. The summed E-state index contributed by atoms with van der Waals surface area (Å²) in [7, 11) is -1.39. The number of halogens is 2. The molecule has 1 aliphatic heterocycles. The van der Waals surface area contributed by atoms with Crippen molar-refractivity contribution in [2.75, 3.05) is 10.5 Å². The minimum absolute atomic E-state index is 0.0120. The van der Waals surface area contributed by atoms with Crippen LogP contribution in [0.25, 0.3) is 22.0 Å². The third-order valence-electron chi connectivity index (χ3n) is 4.15. The molecule has 1 N–H and O–H groups in total. The third kappa shape index (κ3) is 2.24. The molecule has 1 aliphatic rings. The van der Waals surface area contributed by atoms with Gasteiger partial charge in [0.1, 0.15) is 11.0 Å². The number of hydrogen-bond donors (Lipinski definition) is 1. The van der Waals surface area contributed by atoms with Gasteiger partial charge < -0.3 is 9.13 Å². The van der Waals surface area contributed by atoms with E-state index in [-0.39, 0.29) is 12.3 Å². The molecule has 0 saturated carbocycles. The second kappa shape index (κ2) is 4.93. The fourth-order valence-corrected chi connectivity index (χ4v) is 4.58. The van der Waals surface area contributed by atoms with Crippen molar-refractivity contribution >= 4 is 49.9 Å². The Morgan fingerprint density at radius 3 is 2.78 bits per heavy atom. The molecule has 0 spiro atoms. The van der Waals surface area contributed by atoms with Crippen LogP contribution in [0.2, 0.25) is 10.2 Å². The van der Waals surface area contributed by atoms with Gasteiger partial charge in [-0.15, -0.1) is 0 Å². The fourth-order valence-electron chi connectivity index (χ4n) is 2.99. The van der Waals surface area contributed by atoms with E-state index in [2.05, 4.69) is 4.72 Å². The maximum absolute atomic E-state index is 11.9. The lowest BCUT2D eigenvalue weighted by Crippen LogP contribution is -2.27. The van der Waals surface area contributed by atoms with Crippen LogP contribution >= 0.6 is 23.2 Å². The second-order valence-electron chi connectivity index (χ2n) is 5.60. The van der Waals surface area contributed by atoms with Gasteiger partial charge in [0.05, 0.1) is 10.8 Å². The topological polar surface area (TPSA) is 56.0 Å². The summed E-state index contributed by atoms with van der Waals surface area (Å²) >= 11 is 12.7. The molecule has 3 aromatic rings. The molecule has 23 heavy (non-hydrogen) atoms. The van der Waals surface area contributed by atoms with Crippen molar-refractivity contribution in [3.8, 4) is 11.1 Å². The number of aromatic nitrogens is 2. The largest absolute Gasteiger partial charge is 0.351 e. The van der Waals surface area contributed by atoms with E-state index < -0.39 is 10.0 Å². The average molecular weight is 370 g/mol. The van der Waals surface area contributed by atoms with Gasteiger partial charge in [0.2, 0.25) is 10.0 Å². The first kappa shape index (κ1) is 14.9. The van der Waals surface area contributed by atoms with Gasteiger partial charge in [-0.3, -0.25) is 4.72 Å². The van der Waals surface area contributed by atoms with Crippen LogP contribution in [-0.2, 0) is 23.6 Å². The predicted molar refractivity (Wildman–Crippen MR) is 93.8 cm³/mol. The highest BCUT2D eigenvalue weighted by atomic mass is 35.5. The summed E-state index contributed by atoms with van der Waals surface area (Å²) in [5, 5.41) is 1.77. The normalized spacial score (nSPS) is 16.3. The number of fused-ring (bicyclic) bond motifs is 2. The number of rotatable bonds is 1. The molecule has 0 fully saturated rings. The molecule has 3 heterocycles. The van der Waals surface area contributed by atoms with Gasteiger partial charge in [0.15, 0.2) is 0 Å². The molecule has 120 valence electrons. The molecular formula is C15H13Cl2N3O2S. The fraction of sp³-hybridized carbons (Fsp3) is 0.200. The Kier molecular flexibility index (Phi) is 3.20. The lowest BCUT2D eigenvalue weighted by Gasteiger charge is -2.19. The molecule has 0 aliphatic carbocycles. The van der Waals surface area contributed by atoms with E-state index in [0.717, 1.165) is 16.5 Å². The summed E-state index contributed by atoms with van der Waals surface area (Å²) in [6, 6.07) is 7.89. The quantitative estimate of drug-likeness (QED) is 0.710. The third-order valence-corrected chi connectivity index (χ3v) is 6.24. The molecule has 0 radical (unpaired) electrons. The summed E-state index contributed by atoms with van der Waals surface area (Å²) in [6.45, 7) is 0.288. The van der Waals surface area contributed by atoms with Crippen LogP contribution < -0.4 is 4.72 Å². The van der Waals surface area contributed by atoms with Crippen LogP contribution in [0.15, 0.2) is 30.5 Å². The van der Waals surface area contributed by atoms with E-state index in [1.807, 2.05) is 42.1 Å². The van der Waals surface area contributed by atoms with Gasteiger partial charge in [-0.25, -0.2) is 8.42 Å². The smallest absolute Gasteiger partial charge is 0.235 e. The summed E-state index contributed by atoms with van der Waals surface area (Å²) in [4.78, 5) is 0. The van der Waals surface area contributed by atoms with Gasteiger partial charge in [-0.05, 0) is 23.8 Å². The number of nitrogens with one attached hydrogen (secondary N) is 1. The number of aryl methyl sites for hydroxylation is 1. The molecule has 2 aromatic heterocycles. The average Bonchev–Trinajstić information content (AvgIpc) is 2.97. The lowest BCUT2D eigenvalue weighted by atomic mass is 10.1. The Morgan fingerprint density at radius 1 is 1.22 bits per heavy atom. The molecule has 1 aromatic carbocycles. The highest BCUT2D eigenvalue weighted by Crippen LogP contribution is 2.44. The van der Waals surface area contributed by atoms with Gasteiger partial charge in [0.25, 0.3) is 0 Å². The van der Waals surface area contributed by atoms with E-state index in [1.165, 1.54) is 0 Å². The Hall–Kier alpha value is -1.63. The van der Waals surface area contributed by atoms with Crippen molar-refractivity contribution in [2.45, 2.75) is 6.54 Å². The number of anilines is 1. The minimum Gasteiger partial charge on any atom is -0.351 e. The van der Waals surface area contributed by atoms with Crippen LogP contribution in [0.4, 0.5) is 5.82 Å². The van der Waals surface area contributed by atoms with Crippen molar-refractivity contribution in [2.24, 2.45) is 7.05 Å². The first-order valence-corrected chi connectivity index (χ1v) is 9.41. The van der Waals surface area contributed by atoms with Crippen LogP contribution in [0, 0.1) is 0 Å². The van der Waals surface area contributed by atoms with E-state index in [1.54, 1.807) is 4.57 Å². The number of nitrogens with zero attached hydrogens (tertiary/aromatic N) is 2. The number of hydrogen-bond acceptors (Lipinski definition) is 2. The SMILES string of the molecule is Cn1ccc2cc(-c3c(Cl)c(Cl)n4c3NS(=O)(=O)CC4)ccc21.